The molecule has 1 atom stereocenters. The lowest BCUT2D eigenvalue weighted by atomic mass is 10.2. The number of benzene rings is 1. The van der Waals surface area contributed by atoms with Crippen LogP contribution in [-0.2, 0) is 4.79 Å². The lowest BCUT2D eigenvalue weighted by molar-refractivity contribution is -0.117. The smallest absolute Gasteiger partial charge is 0.329 e. The van der Waals surface area contributed by atoms with Crippen LogP contribution in [0.3, 0.4) is 0 Å². The summed E-state index contributed by atoms with van der Waals surface area (Å²) in [6.45, 7) is 6.46. The number of nitrogens with one attached hydrogen (secondary N) is 2. The zero-order valence-corrected chi connectivity index (χ0v) is 15.4. The van der Waals surface area contributed by atoms with E-state index in [1.54, 1.807) is 4.90 Å². The van der Waals surface area contributed by atoms with Crippen molar-refractivity contribution in [1.82, 2.24) is 20.7 Å². The number of nitrogens with zero attached hydrogens (tertiary/aromatic N) is 3. The first-order chi connectivity index (χ1) is 12.5. The molecule has 142 valence electrons. The van der Waals surface area contributed by atoms with Crippen molar-refractivity contribution in [3.05, 3.63) is 24.3 Å². The van der Waals surface area contributed by atoms with Gasteiger partial charge in [0, 0.05) is 44.8 Å². The number of piperazine rings is 1. The first kappa shape index (κ1) is 18.5. The molecule has 0 aromatic heterocycles. The molecule has 2 aliphatic rings. The molecule has 0 spiro atoms. The van der Waals surface area contributed by atoms with Gasteiger partial charge in [-0.15, -0.1) is 0 Å². The second-order valence-corrected chi connectivity index (χ2v) is 6.71. The molecule has 2 saturated heterocycles. The minimum Gasteiger partial charge on any atom is -0.494 e. The summed E-state index contributed by atoms with van der Waals surface area (Å²) in [6, 6.07) is 7.01. The topological polar surface area (TPSA) is 77.2 Å². The molecule has 0 radical (unpaired) electrons. The third-order valence-corrected chi connectivity index (χ3v) is 4.68. The third-order valence-electron chi connectivity index (χ3n) is 4.68. The van der Waals surface area contributed by atoms with Gasteiger partial charge in [0.05, 0.1) is 12.6 Å². The van der Waals surface area contributed by atoms with Crippen molar-refractivity contribution < 1.29 is 14.3 Å². The van der Waals surface area contributed by atoms with Gasteiger partial charge in [-0.05, 0) is 38.2 Å². The average Bonchev–Trinajstić information content (AvgIpc) is 2.98. The van der Waals surface area contributed by atoms with Crippen LogP contribution in [0, 0.1) is 0 Å². The zero-order valence-electron chi connectivity index (χ0n) is 15.4. The molecule has 0 saturated carbocycles. The summed E-state index contributed by atoms with van der Waals surface area (Å²) in [5.41, 5.74) is 3.69. The first-order valence-electron chi connectivity index (χ1n) is 9.09. The predicted molar refractivity (Wildman–Crippen MR) is 99.1 cm³/mol. The van der Waals surface area contributed by atoms with Crippen LogP contribution in [0.2, 0.25) is 0 Å². The third kappa shape index (κ3) is 4.64. The highest BCUT2D eigenvalue weighted by Crippen LogP contribution is 2.24. The van der Waals surface area contributed by atoms with Gasteiger partial charge in [-0.3, -0.25) is 10.2 Å². The summed E-state index contributed by atoms with van der Waals surface area (Å²) in [5.74, 6) is 0.795. The number of carbonyl (C=O) groups is 2. The molecule has 2 N–H and O–H groups in total. The van der Waals surface area contributed by atoms with E-state index in [1.807, 2.05) is 36.2 Å². The fraction of sp³-hybridized carbons (Fsp3) is 0.556. The van der Waals surface area contributed by atoms with Crippen molar-refractivity contribution in [1.29, 1.82) is 0 Å². The fourth-order valence-corrected chi connectivity index (χ4v) is 3.22. The van der Waals surface area contributed by atoms with Crippen molar-refractivity contribution >= 4 is 17.6 Å². The number of rotatable bonds is 5. The molecular formula is C18H27N5O3. The summed E-state index contributed by atoms with van der Waals surface area (Å²) >= 11 is 0. The van der Waals surface area contributed by atoms with Gasteiger partial charge in [-0.2, -0.15) is 0 Å². The maximum atomic E-state index is 12.3. The Balaban J connectivity index is 1.50. The number of urea groups is 1. The molecular weight excluding hydrogens is 334 g/mol. The van der Waals surface area contributed by atoms with E-state index in [-0.39, 0.29) is 18.0 Å². The number of carbonyl (C=O) groups excluding carboxylic acids is 2. The Morgan fingerprint density at radius 1 is 1.19 bits per heavy atom. The Kier molecular flexibility index (Phi) is 5.95. The number of hydrazine groups is 1. The van der Waals surface area contributed by atoms with Gasteiger partial charge in [-0.25, -0.2) is 9.80 Å². The highest BCUT2D eigenvalue weighted by molar-refractivity contribution is 5.96. The van der Waals surface area contributed by atoms with E-state index >= 15 is 0 Å². The van der Waals surface area contributed by atoms with Gasteiger partial charge in [0.2, 0.25) is 5.91 Å². The highest BCUT2D eigenvalue weighted by Gasteiger charge is 2.32. The van der Waals surface area contributed by atoms with Crippen LogP contribution in [0.4, 0.5) is 10.5 Å². The molecule has 1 aromatic rings. The average molecular weight is 361 g/mol. The Bertz CT molecular complexity index is 628. The van der Waals surface area contributed by atoms with Crippen LogP contribution in [0.15, 0.2) is 24.3 Å². The molecule has 0 unspecified atom stereocenters. The summed E-state index contributed by atoms with van der Waals surface area (Å²) in [5, 5.41) is 4.82. The molecule has 8 heteroatoms. The van der Waals surface area contributed by atoms with Gasteiger partial charge in [0.1, 0.15) is 5.75 Å². The summed E-state index contributed by atoms with van der Waals surface area (Å²) in [4.78, 5) is 28.4. The minimum atomic E-state index is -0.249. The Morgan fingerprint density at radius 3 is 2.54 bits per heavy atom. The van der Waals surface area contributed by atoms with Crippen LogP contribution in [-0.4, -0.2) is 74.3 Å². The SMILES string of the molecule is CCOc1ccc(N2C[C@@H](NC(=O)NN3CCN(C)CC3)CC2=O)cc1. The molecule has 1 aromatic carbocycles. The van der Waals surface area contributed by atoms with E-state index in [4.69, 9.17) is 4.74 Å². The molecule has 8 nitrogen and oxygen atoms in total. The maximum Gasteiger partial charge on any atom is 0.329 e. The van der Waals surface area contributed by atoms with E-state index < -0.39 is 0 Å². The lowest BCUT2D eigenvalue weighted by Crippen LogP contribution is -2.56. The van der Waals surface area contributed by atoms with E-state index in [2.05, 4.69) is 22.7 Å². The largest absolute Gasteiger partial charge is 0.494 e. The van der Waals surface area contributed by atoms with Gasteiger partial charge >= 0.3 is 6.03 Å². The highest BCUT2D eigenvalue weighted by atomic mass is 16.5. The molecule has 2 heterocycles. The number of hydrogen-bond acceptors (Lipinski definition) is 5. The quantitative estimate of drug-likeness (QED) is 0.805. The fourth-order valence-electron chi connectivity index (χ4n) is 3.22. The number of ether oxygens (including phenoxy) is 1. The van der Waals surface area contributed by atoms with Gasteiger partial charge in [-0.1, -0.05) is 0 Å². The van der Waals surface area contributed by atoms with E-state index in [9.17, 15) is 9.59 Å². The van der Waals surface area contributed by atoms with Gasteiger partial charge in [0.25, 0.3) is 0 Å². The molecule has 0 aliphatic carbocycles. The van der Waals surface area contributed by atoms with Crippen molar-refractivity contribution in [2.45, 2.75) is 19.4 Å². The van der Waals surface area contributed by atoms with Crippen LogP contribution >= 0.6 is 0 Å². The van der Waals surface area contributed by atoms with Gasteiger partial charge < -0.3 is 19.9 Å². The van der Waals surface area contributed by atoms with E-state index in [0.29, 0.717) is 19.6 Å². The minimum absolute atomic E-state index is 0.0130. The Labute approximate surface area is 154 Å². The van der Waals surface area contributed by atoms with Crippen molar-refractivity contribution in [3.63, 3.8) is 0 Å². The van der Waals surface area contributed by atoms with Crippen LogP contribution in [0.1, 0.15) is 13.3 Å². The van der Waals surface area contributed by atoms with Crippen LogP contribution in [0.5, 0.6) is 5.75 Å². The first-order valence-corrected chi connectivity index (χ1v) is 9.09. The molecule has 26 heavy (non-hydrogen) atoms. The van der Waals surface area contributed by atoms with Crippen LogP contribution in [0.25, 0.3) is 0 Å². The second kappa shape index (κ2) is 8.37. The van der Waals surface area contributed by atoms with Crippen molar-refractivity contribution in [3.8, 4) is 5.75 Å². The molecule has 2 fully saturated rings. The van der Waals surface area contributed by atoms with Gasteiger partial charge in [0.15, 0.2) is 0 Å². The monoisotopic (exact) mass is 361 g/mol. The molecule has 3 amide bonds. The molecule has 2 aliphatic heterocycles. The van der Waals surface area contributed by atoms with Crippen LogP contribution < -0.4 is 20.4 Å². The molecule has 3 rings (SSSR count). The summed E-state index contributed by atoms with van der Waals surface area (Å²) in [7, 11) is 2.07. The number of amides is 3. The lowest BCUT2D eigenvalue weighted by Gasteiger charge is -2.32. The predicted octanol–water partition coefficient (Wildman–Crippen LogP) is 0.652. The normalized spacial score (nSPS) is 21.7. The van der Waals surface area contributed by atoms with Crippen molar-refractivity contribution in [2.24, 2.45) is 0 Å². The summed E-state index contributed by atoms with van der Waals surface area (Å²) in [6.07, 6.45) is 0.309. The number of hydrogen-bond donors (Lipinski definition) is 2. The second-order valence-electron chi connectivity index (χ2n) is 6.71. The number of likely N-dealkylation sites (N-methyl/N-ethyl adjacent to an activating group) is 1. The standard InChI is InChI=1S/C18H27N5O3/c1-3-26-16-6-4-15(5-7-16)23-13-14(12-17(23)24)19-18(25)20-22-10-8-21(2)9-11-22/h4-7,14H,3,8-13H2,1-2H3,(H2,19,20,25)/t14-/m0/s1. The maximum absolute atomic E-state index is 12.3. The molecule has 0 bridgehead atoms. The Hall–Kier alpha value is -2.32. The number of anilines is 1. The Morgan fingerprint density at radius 2 is 1.88 bits per heavy atom. The van der Waals surface area contributed by atoms with Crippen molar-refractivity contribution in [2.75, 3.05) is 51.3 Å². The van der Waals surface area contributed by atoms with E-state index in [0.717, 1.165) is 37.6 Å². The zero-order chi connectivity index (χ0) is 18.5. The summed E-state index contributed by atoms with van der Waals surface area (Å²) < 4.78 is 5.43. The van der Waals surface area contributed by atoms with E-state index in [1.165, 1.54) is 0 Å².